The number of likely N-dealkylation sites (tertiary alicyclic amines) is 1. The lowest BCUT2D eigenvalue weighted by Gasteiger charge is -2.33. The fraction of sp³-hybridized carbons (Fsp3) is 0.409. The predicted octanol–water partition coefficient (Wildman–Crippen LogP) is 3.06. The maximum Gasteiger partial charge on any atom is 0.256 e. The average Bonchev–Trinajstić information content (AvgIpc) is 2.81. The number of halogens is 2. The Kier molecular flexibility index (Phi) is 6.67. The molecule has 3 heterocycles. The highest BCUT2D eigenvalue weighted by Crippen LogP contribution is 2.25. The van der Waals surface area contributed by atoms with Gasteiger partial charge in [-0.1, -0.05) is 23.7 Å². The molecule has 1 aromatic carbocycles. The van der Waals surface area contributed by atoms with Crippen molar-refractivity contribution < 1.29 is 18.7 Å². The van der Waals surface area contributed by atoms with E-state index in [9.17, 15) is 14.0 Å². The summed E-state index contributed by atoms with van der Waals surface area (Å²) in [7, 11) is 0. The first-order valence-corrected chi connectivity index (χ1v) is 10.7. The number of piperidine rings is 1. The fourth-order valence-electron chi connectivity index (χ4n) is 3.84. The summed E-state index contributed by atoms with van der Waals surface area (Å²) >= 11 is 6.38. The van der Waals surface area contributed by atoms with Crippen molar-refractivity contribution >= 4 is 29.2 Å². The lowest BCUT2D eigenvalue weighted by Crippen LogP contribution is -2.42. The number of amides is 2. The molecule has 0 spiro atoms. The number of nitrogens with zero attached hydrogens (tertiary/aromatic N) is 3. The van der Waals surface area contributed by atoms with Crippen LogP contribution in [0.1, 0.15) is 33.6 Å². The summed E-state index contributed by atoms with van der Waals surface area (Å²) in [6.45, 7) is 3.20. The molecule has 2 aromatic rings. The van der Waals surface area contributed by atoms with Gasteiger partial charge in [0.15, 0.2) is 0 Å². The number of benzene rings is 1. The van der Waals surface area contributed by atoms with Crippen molar-refractivity contribution in [2.24, 2.45) is 0 Å². The SMILES string of the molecule is O=C(c1cnc(NC2CCN(C(=O)c3ccccc3F)CC2)c(Cl)c1)N1CCOCC1. The Morgan fingerprint density at radius 2 is 1.74 bits per heavy atom. The summed E-state index contributed by atoms with van der Waals surface area (Å²) in [5.74, 6) is -0.391. The first-order valence-electron chi connectivity index (χ1n) is 10.4. The van der Waals surface area contributed by atoms with Crippen LogP contribution in [-0.4, -0.2) is 72.0 Å². The van der Waals surface area contributed by atoms with Gasteiger partial charge in [-0.15, -0.1) is 0 Å². The van der Waals surface area contributed by atoms with E-state index < -0.39 is 5.82 Å². The third-order valence-electron chi connectivity index (χ3n) is 5.61. The van der Waals surface area contributed by atoms with E-state index in [0.717, 1.165) is 0 Å². The van der Waals surface area contributed by atoms with Crippen LogP contribution in [-0.2, 0) is 4.74 Å². The highest BCUT2D eigenvalue weighted by Gasteiger charge is 2.26. The van der Waals surface area contributed by atoms with Crippen LogP contribution in [0.3, 0.4) is 0 Å². The minimum absolute atomic E-state index is 0.0791. The van der Waals surface area contributed by atoms with Gasteiger partial charge >= 0.3 is 0 Å². The van der Waals surface area contributed by atoms with Crippen molar-refractivity contribution in [3.05, 3.63) is 58.5 Å². The van der Waals surface area contributed by atoms with Gasteiger partial charge in [0.2, 0.25) is 0 Å². The number of ether oxygens (including phenoxy) is 1. The van der Waals surface area contributed by atoms with Gasteiger partial charge in [-0.05, 0) is 31.0 Å². The first kappa shape index (κ1) is 21.5. The molecular weight excluding hydrogens is 423 g/mol. The maximum atomic E-state index is 13.9. The van der Waals surface area contributed by atoms with Gasteiger partial charge in [-0.3, -0.25) is 9.59 Å². The molecule has 2 aliphatic rings. The Labute approximate surface area is 185 Å². The normalized spacial score (nSPS) is 17.5. The van der Waals surface area contributed by atoms with E-state index in [2.05, 4.69) is 10.3 Å². The molecule has 0 saturated carbocycles. The van der Waals surface area contributed by atoms with Crippen LogP contribution in [0.15, 0.2) is 36.5 Å². The van der Waals surface area contributed by atoms with E-state index >= 15 is 0 Å². The van der Waals surface area contributed by atoms with Crippen LogP contribution in [0.2, 0.25) is 5.02 Å². The summed E-state index contributed by atoms with van der Waals surface area (Å²) < 4.78 is 19.2. The molecule has 9 heteroatoms. The second kappa shape index (κ2) is 9.62. The Balaban J connectivity index is 1.33. The topological polar surface area (TPSA) is 74.8 Å². The van der Waals surface area contributed by atoms with E-state index in [4.69, 9.17) is 16.3 Å². The molecule has 7 nitrogen and oxygen atoms in total. The zero-order valence-electron chi connectivity index (χ0n) is 17.0. The molecule has 1 aromatic heterocycles. The van der Waals surface area contributed by atoms with Gasteiger partial charge in [-0.2, -0.15) is 0 Å². The smallest absolute Gasteiger partial charge is 0.256 e. The largest absolute Gasteiger partial charge is 0.378 e. The quantitative estimate of drug-likeness (QED) is 0.781. The molecule has 2 aliphatic heterocycles. The molecule has 1 N–H and O–H groups in total. The number of carbonyl (C=O) groups excluding carboxylic acids is 2. The number of anilines is 1. The monoisotopic (exact) mass is 446 g/mol. The first-order chi connectivity index (χ1) is 15.0. The third-order valence-corrected chi connectivity index (χ3v) is 5.90. The van der Waals surface area contributed by atoms with Gasteiger partial charge in [0.1, 0.15) is 11.6 Å². The number of carbonyl (C=O) groups is 2. The summed E-state index contributed by atoms with van der Waals surface area (Å²) in [6, 6.07) is 7.74. The molecule has 0 bridgehead atoms. The van der Waals surface area contributed by atoms with Crippen molar-refractivity contribution in [2.75, 3.05) is 44.7 Å². The third kappa shape index (κ3) is 4.97. The van der Waals surface area contributed by atoms with Gasteiger partial charge in [0.25, 0.3) is 11.8 Å². The standard InChI is InChI=1S/C22H24ClFN4O3/c23-18-13-15(21(29)28-9-11-31-12-10-28)14-25-20(18)26-16-5-7-27(8-6-16)22(30)17-3-1-2-4-19(17)24/h1-4,13-14,16H,5-12H2,(H,25,26). The van der Waals surface area contributed by atoms with Gasteiger partial charge in [0, 0.05) is 38.4 Å². The number of hydrogen-bond donors (Lipinski definition) is 1. The molecule has 2 saturated heterocycles. The molecular formula is C22H24ClFN4O3. The number of nitrogens with one attached hydrogen (secondary N) is 1. The fourth-order valence-corrected chi connectivity index (χ4v) is 4.06. The number of aromatic nitrogens is 1. The van der Waals surface area contributed by atoms with Crippen LogP contribution >= 0.6 is 11.6 Å². The summed E-state index contributed by atoms with van der Waals surface area (Å²) in [5.41, 5.74) is 0.543. The van der Waals surface area contributed by atoms with Crippen LogP contribution in [0.5, 0.6) is 0 Å². The van der Waals surface area contributed by atoms with Gasteiger partial charge in [0.05, 0.1) is 29.4 Å². The lowest BCUT2D eigenvalue weighted by atomic mass is 10.0. The molecule has 2 fully saturated rings. The molecule has 0 unspecified atom stereocenters. The average molecular weight is 447 g/mol. The Morgan fingerprint density at radius 1 is 1.06 bits per heavy atom. The second-order valence-corrected chi connectivity index (χ2v) is 8.06. The predicted molar refractivity (Wildman–Crippen MR) is 115 cm³/mol. The van der Waals surface area contributed by atoms with Crippen LogP contribution in [0, 0.1) is 5.82 Å². The molecule has 0 atom stereocenters. The van der Waals surface area contributed by atoms with E-state index in [0.29, 0.717) is 68.6 Å². The molecule has 31 heavy (non-hydrogen) atoms. The highest BCUT2D eigenvalue weighted by molar-refractivity contribution is 6.33. The van der Waals surface area contributed by atoms with Gasteiger partial charge < -0.3 is 19.9 Å². The van der Waals surface area contributed by atoms with E-state index in [1.807, 2.05) is 0 Å². The second-order valence-electron chi connectivity index (χ2n) is 7.65. The Bertz CT molecular complexity index is 960. The molecule has 0 radical (unpaired) electrons. The lowest BCUT2D eigenvalue weighted by molar-refractivity contribution is 0.0302. The van der Waals surface area contributed by atoms with Crippen molar-refractivity contribution in [1.29, 1.82) is 0 Å². The van der Waals surface area contributed by atoms with Crippen molar-refractivity contribution in [1.82, 2.24) is 14.8 Å². The van der Waals surface area contributed by atoms with Crippen LogP contribution < -0.4 is 5.32 Å². The number of morpholine rings is 1. The van der Waals surface area contributed by atoms with Crippen molar-refractivity contribution in [3.63, 3.8) is 0 Å². The summed E-state index contributed by atoms with van der Waals surface area (Å²) in [4.78, 5) is 32.9. The number of hydrogen-bond acceptors (Lipinski definition) is 5. The number of pyridine rings is 1. The van der Waals surface area contributed by atoms with Gasteiger partial charge in [-0.25, -0.2) is 9.37 Å². The Morgan fingerprint density at radius 3 is 2.42 bits per heavy atom. The Hall–Kier alpha value is -2.71. The van der Waals surface area contributed by atoms with Crippen LogP contribution in [0.25, 0.3) is 0 Å². The minimum atomic E-state index is -0.504. The zero-order valence-corrected chi connectivity index (χ0v) is 17.8. The van der Waals surface area contributed by atoms with E-state index in [1.165, 1.54) is 18.3 Å². The van der Waals surface area contributed by atoms with Crippen molar-refractivity contribution in [2.45, 2.75) is 18.9 Å². The summed E-state index contributed by atoms with van der Waals surface area (Å²) in [5, 5.41) is 3.68. The van der Waals surface area contributed by atoms with Crippen LogP contribution in [0.4, 0.5) is 10.2 Å². The van der Waals surface area contributed by atoms with Crippen molar-refractivity contribution in [3.8, 4) is 0 Å². The minimum Gasteiger partial charge on any atom is -0.378 e. The number of rotatable bonds is 4. The highest BCUT2D eigenvalue weighted by atomic mass is 35.5. The zero-order chi connectivity index (χ0) is 21.8. The van der Waals surface area contributed by atoms with E-state index in [-0.39, 0.29) is 23.4 Å². The van der Waals surface area contributed by atoms with E-state index in [1.54, 1.807) is 28.0 Å². The maximum absolute atomic E-state index is 13.9. The summed E-state index contributed by atoms with van der Waals surface area (Å²) in [6.07, 6.45) is 2.90. The molecule has 0 aliphatic carbocycles. The molecule has 164 valence electrons. The molecule has 2 amide bonds. The molecule has 4 rings (SSSR count).